The standard InChI is InChI=1S/C4H4ClF3N2O2/c5-1-2(11)9-10-3(12)4(6,7)8/h1H2,(H,9,11)(H,10,12). The maximum Gasteiger partial charge on any atom is 0.472 e. The van der Waals surface area contributed by atoms with Gasteiger partial charge in [-0.1, -0.05) is 0 Å². The molecule has 0 saturated carbocycles. The highest BCUT2D eigenvalue weighted by atomic mass is 35.5. The highest BCUT2D eigenvalue weighted by Crippen LogP contribution is 2.13. The van der Waals surface area contributed by atoms with E-state index in [-0.39, 0.29) is 0 Å². The van der Waals surface area contributed by atoms with Crippen LogP contribution in [0, 0.1) is 0 Å². The molecule has 0 heterocycles. The van der Waals surface area contributed by atoms with Gasteiger partial charge in [0.25, 0.3) is 5.91 Å². The highest BCUT2D eigenvalue weighted by molar-refractivity contribution is 6.27. The van der Waals surface area contributed by atoms with Gasteiger partial charge in [-0.3, -0.25) is 20.4 Å². The summed E-state index contributed by atoms with van der Waals surface area (Å²) in [6.07, 6.45) is -5.01. The van der Waals surface area contributed by atoms with Crippen molar-refractivity contribution in [3.63, 3.8) is 0 Å². The fourth-order valence-corrected chi connectivity index (χ4v) is 0.298. The van der Waals surface area contributed by atoms with Crippen LogP contribution >= 0.6 is 11.6 Å². The fraction of sp³-hybridized carbons (Fsp3) is 0.500. The maximum absolute atomic E-state index is 11.4. The molecule has 4 nitrogen and oxygen atoms in total. The largest absolute Gasteiger partial charge is 0.472 e. The minimum Gasteiger partial charge on any atom is -0.272 e. The van der Waals surface area contributed by atoms with Gasteiger partial charge in [-0.25, -0.2) is 0 Å². The summed E-state index contributed by atoms with van der Waals surface area (Å²) in [5.74, 6) is -3.70. The number of halogens is 4. The molecule has 0 aromatic rings. The predicted molar refractivity (Wildman–Crippen MR) is 33.1 cm³/mol. The molecule has 0 rings (SSSR count). The molecule has 70 valence electrons. The Hall–Kier alpha value is -0.980. The first-order valence-electron chi connectivity index (χ1n) is 2.60. The summed E-state index contributed by atoms with van der Waals surface area (Å²) in [6, 6.07) is 0. The molecule has 12 heavy (non-hydrogen) atoms. The number of hydrogen-bond acceptors (Lipinski definition) is 2. The van der Waals surface area contributed by atoms with Crippen molar-refractivity contribution in [3.05, 3.63) is 0 Å². The lowest BCUT2D eigenvalue weighted by Crippen LogP contribution is -2.48. The lowest BCUT2D eigenvalue weighted by molar-refractivity contribution is -0.175. The number of rotatable bonds is 1. The van der Waals surface area contributed by atoms with Gasteiger partial charge in [0.1, 0.15) is 5.88 Å². The molecule has 2 N–H and O–H groups in total. The number of nitrogens with one attached hydrogen (secondary N) is 2. The monoisotopic (exact) mass is 204 g/mol. The van der Waals surface area contributed by atoms with E-state index in [4.69, 9.17) is 11.6 Å². The van der Waals surface area contributed by atoms with Gasteiger partial charge in [0.15, 0.2) is 0 Å². The topological polar surface area (TPSA) is 58.2 Å². The van der Waals surface area contributed by atoms with Crippen LogP contribution in [0.25, 0.3) is 0 Å². The zero-order valence-electron chi connectivity index (χ0n) is 5.54. The maximum atomic E-state index is 11.4. The van der Waals surface area contributed by atoms with Crippen LogP contribution < -0.4 is 10.9 Å². The van der Waals surface area contributed by atoms with Crippen LogP contribution in [0.1, 0.15) is 0 Å². The first-order valence-corrected chi connectivity index (χ1v) is 3.13. The second-order valence-corrected chi connectivity index (χ2v) is 1.90. The van der Waals surface area contributed by atoms with Gasteiger partial charge in [-0.05, 0) is 0 Å². The first kappa shape index (κ1) is 11.0. The van der Waals surface area contributed by atoms with E-state index in [0.29, 0.717) is 0 Å². The number of carbonyl (C=O) groups is 2. The highest BCUT2D eigenvalue weighted by Gasteiger charge is 2.38. The minimum atomic E-state index is -5.01. The molecular formula is C4H4ClF3N2O2. The van der Waals surface area contributed by atoms with E-state index in [0.717, 1.165) is 5.43 Å². The average molecular weight is 205 g/mol. The van der Waals surface area contributed by atoms with Crippen molar-refractivity contribution in [1.29, 1.82) is 0 Å². The normalized spacial score (nSPS) is 10.7. The summed E-state index contributed by atoms with van der Waals surface area (Å²) < 4.78 is 34.2. The van der Waals surface area contributed by atoms with E-state index in [1.165, 1.54) is 5.43 Å². The smallest absolute Gasteiger partial charge is 0.272 e. The summed E-state index contributed by atoms with van der Waals surface area (Å²) in [5, 5.41) is 0. The summed E-state index contributed by atoms with van der Waals surface area (Å²) in [7, 11) is 0. The van der Waals surface area contributed by atoms with E-state index in [1.54, 1.807) is 0 Å². The van der Waals surface area contributed by atoms with Gasteiger partial charge < -0.3 is 0 Å². The first-order chi connectivity index (χ1) is 5.38. The van der Waals surface area contributed by atoms with Crippen LogP contribution in [0.4, 0.5) is 13.2 Å². The minimum absolute atomic E-state index is 0.530. The van der Waals surface area contributed by atoms with Crippen LogP contribution in [-0.4, -0.2) is 23.9 Å². The Labute approximate surface area is 70.0 Å². The fourth-order valence-electron chi connectivity index (χ4n) is 0.231. The molecule has 0 aliphatic heterocycles. The van der Waals surface area contributed by atoms with Crippen molar-refractivity contribution in [1.82, 2.24) is 10.9 Å². The second-order valence-electron chi connectivity index (χ2n) is 1.63. The van der Waals surface area contributed by atoms with E-state index < -0.39 is 23.9 Å². The summed E-state index contributed by atoms with van der Waals surface area (Å²) in [5.41, 5.74) is 2.57. The third kappa shape index (κ3) is 4.02. The van der Waals surface area contributed by atoms with Crippen molar-refractivity contribution in [2.45, 2.75) is 6.18 Å². The Kier molecular flexibility index (Phi) is 3.81. The molecule has 0 unspecified atom stereocenters. The Morgan fingerprint density at radius 1 is 1.25 bits per heavy atom. The summed E-state index contributed by atoms with van der Waals surface area (Å²) >= 11 is 4.91. The van der Waals surface area contributed by atoms with Crippen molar-refractivity contribution < 1.29 is 22.8 Å². The van der Waals surface area contributed by atoms with Crippen molar-refractivity contribution in [3.8, 4) is 0 Å². The zero-order chi connectivity index (χ0) is 9.78. The number of hydrazine groups is 1. The lowest BCUT2D eigenvalue weighted by Gasteiger charge is -2.07. The second kappa shape index (κ2) is 4.15. The van der Waals surface area contributed by atoms with Crippen LogP contribution in [0.2, 0.25) is 0 Å². The molecule has 0 aliphatic carbocycles. The molecule has 2 amide bonds. The van der Waals surface area contributed by atoms with Gasteiger partial charge in [-0.15, -0.1) is 11.6 Å². The molecule has 0 aromatic heterocycles. The number of amides is 2. The summed E-state index contributed by atoms with van der Waals surface area (Å²) in [6.45, 7) is 0. The van der Waals surface area contributed by atoms with Gasteiger partial charge in [-0.2, -0.15) is 13.2 Å². The third-order valence-electron chi connectivity index (χ3n) is 0.694. The predicted octanol–water partition coefficient (Wildman–Crippen LogP) is -0.0651. The van der Waals surface area contributed by atoms with Gasteiger partial charge in [0.05, 0.1) is 0 Å². The Balaban J connectivity index is 3.81. The third-order valence-corrected chi connectivity index (χ3v) is 0.937. The molecule has 0 radical (unpaired) electrons. The quantitative estimate of drug-likeness (QED) is 0.464. The number of carbonyl (C=O) groups excluding carboxylic acids is 2. The average Bonchev–Trinajstić information content (AvgIpc) is 1.97. The van der Waals surface area contributed by atoms with Crippen LogP contribution in [0.3, 0.4) is 0 Å². The number of hydrogen-bond donors (Lipinski definition) is 2. The zero-order valence-corrected chi connectivity index (χ0v) is 6.29. The van der Waals surface area contributed by atoms with E-state index in [1.807, 2.05) is 0 Å². The van der Waals surface area contributed by atoms with E-state index in [9.17, 15) is 22.8 Å². The van der Waals surface area contributed by atoms with Crippen molar-refractivity contribution in [2.24, 2.45) is 0 Å². The van der Waals surface area contributed by atoms with E-state index >= 15 is 0 Å². The molecule has 8 heteroatoms. The number of alkyl halides is 4. The molecular weight excluding hydrogens is 201 g/mol. The van der Waals surface area contributed by atoms with Crippen LogP contribution in [0.5, 0.6) is 0 Å². The van der Waals surface area contributed by atoms with Gasteiger partial charge >= 0.3 is 12.1 Å². The van der Waals surface area contributed by atoms with E-state index in [2.05, 4.69) is 0 Å². The molecule has 0 saturated heterocycles. The van der Waals surface area contributed by atoms with Crippen molar-refractivity contribution in [2.75, 3.05) is 5.88 Å². The molecule has 0 atom stereocenters. The molecule has 0 spiro atoms. The molecule has 0 bridgehead atoms. The van der Waals surface area contributed by atoms with Gasteiger partial charge in [0, 0.05) is 0 Å². The van der Waals surface area contributed by atoms with Gasteiger partial charge in [0.2, 0.25) is 0 Å². The molecule has 0 fully saturated rings. The molecule has 0 aromatic carbocycles. The molecule has 0 aliphatic rings. The Bertz CT molecular complexity index is 193. The Morgan fingerprint density at radius 2 is 1.75 bits per heavy atom. The Morgan fingerprint density at radius 3 is 2.08 bits per heavy atom. The van der Waals surface area contributed by atoms with Crippen LogP contribution in [-0.2, 0) is 9.59 Å². The summed E-state index contributed by atoms with van der Waals surface area (Å²) in [4.78, 5) is 20.2. The SMILES string of the molecule is O=C(CCl)NNC(=O)C(F)(F)F. The van der Waals surface area contributed by atoms with Crippen molar-refractivity contribution >= 4 is 23.4 Å². The van der Waals surface area contributed by atoms with Crippen LogP contribution in [0.15, 0.2) is 0 Å². The lowest BCUT2D eigenvalue weighted by atomic mass is 10.6.